The maximum Gasteiger partial charge on any atom is 0.104 e. The molecule has 2 atom stereocenters. The number of epoxide rings is 2. The van der Waals surface area contributed by atoms with Crippen LogP contribution in [0, 0.1) is 27.7 Å². The molecular weight excluding hydrogens is 556 g/mol. The third kappa shape index (κ3) is 6.95. The largest absolute Gasteiger partial charge is 0.379 e. The van der Waals surface area contributed by atoms with Gasteiger partial charge in [0.25, 0.3) is 0 Å². The lowest BCUT2D eigenvalue weighted by atomic mass is 9.88. The third-order valence-electron chi connectivity index (χ3n) is 9.79. The number of hydrogen-bond acceptors (Lipinski definition) is 4. The normalized spacial score (nSPS) is 17.8. The van der Waals surface area contributed by atoms with Gasteiger partial charge in [-0.1, -0.05) is 54.6 Å². The van der Waals surface area contributed by atoms with Crippen LogP contribution in [-0.4, -0.2) is 51.8 Å². The fourth-order valence-corrected chi connectivity index (χ4v) is 7.21. The minimum atomic E-state index is 0.337. The summed E-state index contributed by atoms with van der Waals surface area (Å²) in [5, 5.41) is 0. The van der Waals surface area contributed by atoms with E-state index in [1.807, 2.05) is 0 Å². The van der Waals surface area contributed by atoms with E-state index >= 15 is 0 Å². The molecule has 234 valence electrons. The van der Waals surface area contributed by atoms with E-state index in [9.17, 15) is 0 Å². The Morgan fingerprint density at radius 2 is 1.16 bits per heavy atom. The molecule has 0 N–H and O–H groups in total. The Balaban J connectivity index is 1.11. The second-order valence-electron chi connectivity index (χ2n) is 13.3. The van der Waals surface area contributed by atoms with Crippen molar-refractivity contribution in [2.24, 2.45) is 0 Å². The van der Waals surface area contributed by atoms with Gasteiger partial charge in [0.2, 0.25) is 0 Å². The molecule has 3 aliphatic rings. The summed E-state index contributed by atoms with van der Waals surface area (Å²) in [5.74, 6) is 0. The van der Waals surface area contributed by atoms with Gasteiger partial charge >= 0.3 is 0 Å². The van der Waals surface area contributed by atoms with Gasteiger partial charge in [0.15, 0.2) is 0 Å². The Hall–Kier alpha value is -3.28. The molecule has 4 aromatic rings. The number of hydrogen-bond donors (Lipinski definition) is 0. The Morgan fingerprint density at radius 1 is 0.600 bits per heavy atom. The highest BCUT2D eigenvalue weighted by Gasteiger charge is 2.24. The van der Waals surface area contributed by atoms with Crippen molar-refractivity contribution in [3.8, 4) is 33.4 Å². The zero-order chi connectivity index (χ0) is 30.9. The Morgan fingerprint density at radius 3 is 1.71 bits per heavy atom. The van der Waals surface area contributed by atoms with Gasteiger partial charge in [-0.05, 0) is 144 Å². The van der Waals surface area contributed by atoms with Crippen molar-refractivity contribution in [3.63, 3.8) is 0 Å². The Labute approximate surface area is 268 Å². The van der Waals surface area contributed by atoms with Gasteiger partial charge in [-0.3, -0.25) is 0 Å². The maximum atomic E-state index is 5.79. The lowest BCUT2D eigenvalue weighted by Crippen LogP contribution is -2.05. The van der Waals surface area contributed by atoms with E-state index in [1.165, 1.54) is 77.9 Å². The summed E-state index contributed by atoms with van der Waals surface area (Å²) in [6, 6.07) is 23.5. The van der Waals surface area contributed by atoms with E-state index in [0.29, 0.717) is 12.2 Å². The second kappa shape index (κ2) is 13.2. The molecule has 45 heavy (non-hydrogen) atoms. The average molecular weight is 603 g/mol. The highest BCUT2D eigenvalue weighted by atomic mass is 16.6. The van der Waals surface area contributed by atoms with Gasteiger partial charge in [-0.2, -0.15) is 0 Å². The molecule has 4 nitrogen and oxygen atoms in total. The van der Waals surface area contributed by atoms with Crippen LogP contribution in [0.2, 0.25) is 0 Å². The Bertz CT molecular complexity index is 1650. The van der Waals surface area contributed by atoms with E-state index < -0.39 is 0 Å². The van der Waals surface area contributed by atoms with Crippen LogP contribution in [0.1, 0.15) is 57.3 Å². The molecule has 4 heteroatoms. The molecule has 2 saturated heterocycles. The van der Waals surface area contributed by atoms with Crippen LogP contribution < -0.4 is 0 Å². The van der Waals surface area contributed by atoms with E-state index in [1.54, 1.807) is 0 Å². The SMILES string of the molecule is Cc1cc(-c2ccc3c(c2)-c2c(cccc2-c2cc(C)c(CCCOCC4CO4)c(C)c2)C3)cc(C)c1CCCOCC1CO1. The zero-order valence-electron chi connectivity index (χ0n) is 27.3. The van der Waals surface area contributed by atoms with Crippen molar-refractivity contribution in [2.45, 2.75) is 72.0 Å². The molecule has 7 rings (SSSR count). The molecule has 2 aliphatic heterocycles. The third-order valence-corrected chi connectivity index (χ3v) is 9.79. The van der Waals surface area contributed by atoms with Crippen molar-refractivity contribution in [1.29, 1.82) is 0 Å². The molecule has 2 heterocycles. The number of aryl methyl sites for hydroxylation is 4. The van der Waals surface area contributed by atoms with Crippen LogP contribution in [0.3, 0.4) is 0 Å². The summed E-state index contributed by atoms with van der Waals surface area (Å²) in [5.41, 5.74) is 19.3. The lowest BCUT2D eigenvalue weighted by molar-refractivity contribution is 0.114. The quantitative estimate of drug-likeness (QED) is 0.0944. The molecule has 1 aliphatic carbocycles. The maximum absolute atomic E-state index is 5.79. The van der Waals surface area contributed by atoms with E-state index in [-0.39, 0.29) is 0 Å². The summed E-state index contributed by atoms with van der Waals surface area (Å²) < 4.78 is 22.1. The summed E-state index contributed by atoms with van der Waals surface area (Å²) in [7, 11) is 0. The van der Waals surface area contributed by atoms with Crippen molar-refractivity contribution in [1.82, 2.24) is 0 Å². The highest BCUT2D eigenvalue weighted by Crippen LogP contribution is 2.45. The topological polar surface area (TPSA) is 43.5 Å². The van der Waals surface area contributed by atoms with Gasteiger partial charge in [-0.25, -0.2) is 0 Å². The first-order chi connectivity index (χ1) is 21.9. The molecule has 4 aromatic carbocycles. The van der Waals surface area contributed by atoms with Gasteiger partial charge in [0.1, 0.15) is 12.2 Å². The van der Waals surface area contributed by atoms with Gasteiger partial charge in [-0.15, -0.1) is 0 Å². The minimum Gasteiger partial charge on any atom is -0.379 e. The zero-order valence-corrected chi connectivity index (χ0v) is 27.3. The Kier molecular flexibility index (Phi) is 8.92. The molecule has 0 spiro atoms. The number of benzene rings is 4. The van der Waals surface area contributed by atoms with E-state index in [2.05, 4.69) is 88.4 Å². The van der Waals surface area contributed by atoms with Crippen LogP contribution in [0.4, 0.5) is 0 Å². The molecule has 0 saturated carbocycles. The lowest BCUT2D eigenvalue weighted by Gasteiger charge is -2.17. The standard InChI is InChI=1S/C41H46O4/c1-26-16-33(17-27(2)37(26)10-6-14-42-22-35-24-44-35)30-12-13-31-20-32-8-5-9-39(41(32)40(31)21-30)34-18-28(3)38(29(4)19-34)11-7-15-43-23-36-25-45-36/h5,8-9,12-13,16-19,21,35-36H,6-7,10-11,14-15,20,22-25H2,1-4H3. The molecular formula is C41H46O4. The smallest absolute Gasteiger partial charge is 0.104 e. The van der Waals surface area contributed by atoms with Crippen molar-refractivity contribution in [3.05, 3.63) is 105 Å². The average Bonchev–Trinajstić information content (AvgIpc) is 3.97. The first-order valence-corrected chi connectivity index (χ1v) is 16.8. The van der Waals surface area contributed by atoms with Gasteiger partial charge in [0, 0.05) is 13.2 Å². The molecule has 0 amide bonds. The van der Waals surface area contributed by atoms with Gasteiger partial charge < -0.3 is 18.9 Å². The predicted octanol–water partition coefficient (Wildman–Crippen LogP) is 8.52. The van der Waals surface area contributed by atoms with Crippen molar-refractivity contribution >= 4 is 0 Å². The van der Waals surface area contributed by atoms with Crippen molar-refractivity contribution < 1.29 is 18.9 Å². The summed E-state index contributed by atoms with van der Waals surface area (Å²) in [4.78, 5) is 0. The van der Waals surface area contributed by atoms with E-state index in [0.717, 1.165) is 71.7 Å². The monoisotopic (exact) mass is 602 g/mol. The number of fused-ring (bicyclic) bond motifs is 3. The van der Waals surface area contributed by atoms with Crippen LogP contribution in [0.5, 0.6) is 0 Å². The number of rotatable bonds is 14. The molecule has 0 aromatic heterocycles. The summed E-state index contributed by atoms with van der Waals surface area (Å²) in [6.45, 7) is 13.8. The van der Waals surface area contributed by atoms with Crippen molar-refractivity contribution in [2.75, 3.05) is 39.6 Å². The van der Waals surface area contributed by atoms with Gasteiger partial charge in [0.05, 0.1) is 26.4 Å². The minimum absolute atomic E-state index is 0.337. The van der Waals surface area contributed by atoms with Crippen LogP contribution in [0.25, 0.3) is 33.4 Å². The van der Waals surface area contributed by atoms with E-state index in [4.69, 9.17) is 18.9 Å². The number of ether oxygens (including phenoxy) is 4. The van der Waals surface area contributed by atoms with Crippen LogP contribution in [0.15, 0.2) is 60.7 Å². The molecule has 2 fully saturated rings. The highest BCUT2D eigenvalue weighted by molar-refractivity contribution is 5.92. The first kappa shape index (κ1) is 30.4. The predicted molar refractivity (Wildman–Crippen MR) is 182 cm³/mol. The van der Waals surface area contributed by atoms with Crippen LogP contribution in [-0.2, 0) is 38.2 Å². The summed E-state index contributed by atoms with van der Waals surface area (Å²) in [6.07, 6.45) is 5.84. The molecule has 0 radical (unpaired) electrons. The molecule has 2 unspecified atom stereocenters. The first-order valence-electron chi connectivity index (χ1n) is 16.8. The fraction of sp³-hybridized carbons (Fsp3) is 0.415. The summed E-state index contributed by atoms with van der Waals surface area (Å²) >= 11 is 0. The second-order valence-corrected chi connectivity index (χ2v) is 13.3. The fourth-order valence-electron chi connectivity index (χ4n) is 7.21. The van der Waals surface area contributed by atoms with Crippen LogP contribution >= 0.6 is 0 Å². The molecule has 0 bridgehead atoms.